The fourth-order valence-electron chi connectivity index (χ4n) is 1.77. The Kier molecular flexibility index (Phi) is 13.0. The van der Waals surface area contributed by atoms with Crippen molar-refractivity contribution in [1.29, 1.82) is 0 Å². The van der Waals surface area contributed by atoms with Gasteiger partial charge in [-0.15, -0.1) is 24.0 Å². The monoisotopic (exact) mass is 421 g/mol. The lowest BCUT2D eigenvalue weighted by Crippen LogP contribution is -2.38. The first-order valence-corrected chi connectivity index (χ1v) is 7.53. The van der Waals surface area contributed by atoms with Crippen molar-refractivity contribution in [1.82, 2.24) is 10.6 Å². The van der Waals surface area contributed by atoms with E-state index in [1.165, 1.54) is 0 Å². The molecular formula is C16H28IN3O2. The van der Waals surface area contributed by atoms with Gasteiger partial charge in [0, 0.05) is 26.3 Å². The molecule has 0 spiro atoms. The van der Waals surface area contributed by atoms with Gasteiger partial charge in [-0.25, -0.2) is 4.99 Å². The van der Waals surface area contributed by atoms with Crippen LogP contribution in [0.1, 0.15) is 25.8 Å². The van der Waals surface area contributed by atoms with E-state index in [0.29, 0.717) is 6.54 Å². The van der Waals surface area contributed by atoms with Gasteiger partial charge in [0.05, 0.1) is 13.7 Å². The highest BCUT2D eigenvalue weighted by atomic mass is 127. The van der Waals surface area contributed by atoms with E-state index in [9.17, 15) is 0 Å². The fourth-order valence-corrected chi connectivity index (χ4v) is 1.77. The molecule has 0 radical (unpaired) electrons. The van der Waals surface area contributed by atoms with E-state index in [0.717, 1.165) is 50.0 Å². The van der Waals surface area contributed by atoms with E-state index < -0.39 is 0 Å². The van der Waals surface area contributed by atoms with E-state index in [2.05, 4.69) is 22.5 Å². The Morgan fingerprint density at radius 1 is 1.14 bits per heavy atom. The summed E-state index contributed by atoms with van der Waals surface area (Å²) in [6, 6.07) is 7.96. The highest BCUT2D eigenvalue weighted by Gasteiger charge is 1.98. The molecule has 6 heteroatoms. The third-order valence-electron chi connectivity index (χ3n) is 2.89. The van der Waals surface area contributed by atoms with E-state index >= 15 is 0 Å². The highest BCUT2D eigenvalue weighted by Crippen LogP contribution is 2.11. The minimum atomic E-state index is 0. The molecular weight excluding hydrogens is 393 g/mol. The average Bonchev–Trinajstić information content (AvgIpc) is 2.52. The molecule has 0 aromatic heterocycles. The molecule has 0 bridgehead atoms. The first-order valence-electron chi connectivity index (χ1n) is 7.53. The van der Waals surface area contributed by atoms with Crippen molar-refractivity contribution in [3.8, 4) is 5.75 Å². The molecule has 0 atom stereocenters. The van der Waals surface area contributed by atoms with Crippen molar-refractivity contribution in [2.45, 2.75) is 26.8 Å². The minimum Gasteiger partial charge on any atom is -0.497 e. The van der Waals surface area contributed by atoms with Gasteiger partial charge in [0.1, 0.15) is 5.75 Å². The Morgan fingerprint density at radius 2 is 1.86 bits per heavy atom. The van der Waals surface area contributed by atoms with Crippen LogP contribution in [-0.4, -0.2) is 39.4 Å². The van der Waals surface area contributed by atoms with Gasteiger partial charge in [0.15, 0.2) is 5.96 Å². The topological polar surface area (TPSA) is 54.9 Å². The third-order valence-corrected chi connectivity index (χ3v) is 2.89. The van der Waals surface area contributed by atoms with E-state index in [-0.39, 0.29) is 24.0 Å². The lowest BCUT2D eigenvalue weighted by molar-refractivity contribution is 0.145. The smallest absolute Gasteiger partial charge is 0.191 e. The quantitative estimate of drug-likeness (QED) is 0.279. The summed E-state index contributed by atoms with van der Waals surface area (Å²) in [5.41, 5.74) is 1.15. The highest BCUT2D eigenvalue weighted by molar-refractivity contribution is 14.0. The molecule has 0 heterocycles. The maximum absolute atomic E-state index is 5.31. The number of benzene rings is 1. The maximum Gasteiger partial charge on any atom is 0.191 e. The van der Waals surface area contributed by atoms with Crippen molar-refractivity contribution in [2.24, 2.45) is 4.99 Å². The SMILES string of the molecule is CCNC(=NCc1ccc(OC)cc1)NCCCOCC.I. The van der Waals surface area contributed by atoms with Crippen molar-refractivity contribution in [3.63, 3.8) is 0 Å². The lowest BCUT2D eigenvalue weighted by atomic mass is 10.2. The van der Waals surface area contributed by atoms with Crippen LogP contribution in [-0.2, 0) is 11.3 Å². The zero-order valence-corrected chi connectivity index (χ0v) is 16.1. The predicted octanol–water partition coefficient (Wildman–Crippen LogP) is 2.79. The summed E-state index contributed by atoms with van der Waals surface area (Å²) in [6.45, 7) is 7.96. The molecule has 0 unspecified atom stereocenters. The van der Waals surface area contributed by atoms with Gasteiger partial charge < -0.3 is 20.1 Å². The van der Waals surface area contributed by atoms with Gasteiger partial charge >= 0.3 is 0 Å². The first-order chi connectivity index (χ1) is 10.3. The Labute approximate surface area is 150 Å². The van der Waals surface area contributed by atoms with Crippen molar-refractivity contribution in [2.75, 3.05) is 33.4 Å². The number of methoxy groups -OCH3 is 1. The molecule has 0 aliphatic rings. The molecule has 0 saturated carbocycles. The number of hydrogen-bond acceptors (Lipinski definition) is 3. The van der Waals surface area contributed by atoms with Crippen molar-refractivity contribution < 1.29 is 9.47 Å². The summed E-state index contributed by atoms with van der Waals surface area (Å²) in [4.78, 5) is 4.57. The molecule has 1 aromatic rings. The standard InChI is InChI=1S/C16H27N3O2.HI/c1-4-17-16(18-11-6-12-21-5-2)19-13-14-7-9-15(20-3)10-8-14;/h7-10H,4-6,11-13H2,1-3H3,(H2,17,18,19);1H. The number of rotatable bonds is 9. The lowest BCUT2D eigenvalue weighted by Gasteiger charge is -2.11. The summed E-state index contributed by atoms with van der Waals surface area (Å²) < 4.78 is 10.5. The van der Waals surface area contributed by atoms with Crippen molar-refractivity contribution >= 4 is 29.9 Å². The van der Waals surface area contributed by atoms with Crippen LogP contribution in [0.25, 0.3) is 0 Å². The normalized spacial score (nSPS) is 10.8. The molecule has 0 aliphatic heterocycles. The average molecular weight is 421 g/mol. The molecule has 126 valence electrons. The zero-order chi connectivity index (χ0) is 15.3. The number of hydrogen-bond donors (Lipinski definition) is 2. The largest absolute Gasteiger partial charge is 0.497 e. The van der Waals surface area contributed by atoms with Crippen LogP contribution in [0.2, 0.25) is 0 Å². The van der Waals surface area contributed by atoms with Gasteiger partial charge in [-0.3, -0.25) is 0 Å². The Bertz CT molecular complexity index is 410. The first kappa shape index (κ1) is 21.0. The summed E-state index contributed by atoms with van der Waals surface area (Å²) in [5, 5.41) is 6.55. The van der Waals surface area contributed by atoms with Crippen LogP contribution in [0, 0.1) is 0 Å². The number of aliphatic imine (C=N–C) groups is 1. The second-order valence-electron chi connectivity index (χ2n) is 4.52. The fraction of sp³-hybridized carbons (Fsp3) is 0.562. The molecule has 2 N–H and O–H groups in total. The Hall–Kier alpha value is -1.02. The summed E-state index contributed by atoms with van der Waals surface area (Å²) in [6.07, 6.45) is 0.973. The summed E-state index contributed by atoms with van der Waals surface area (Å²) >= 11 is 0. The van der Waals surface area contributed by atoms with Crippen LogP contribution in [0.3, 0.4) is 0 Å². The zero-order valence-electron chi connectivity index (χ0n) is 13.7. The van der Waals surface area contributed by atoms with Gasteiger partial charge in [0.2, 0.25) is 0 Å². The summed E-state index contributed by atoms with van der Waals surface area (Å²) in [7, 11) is 1.67. The minimum absolute atomic E-state index is 0. The number of nitrogens with zero attached hydrogens (tertiary/aromatic N) is 1. The Morgan fingerprint density at radius 3 is 2.45 bits per heavy atom. The van der Waals surface area contributed by atoms with Crippen LogP contribution < -0.4 is 15.4 Å². The summed E-state index contributed by atoms with van der Waals surface area (Å²) in [5.74, 6) is 1.70. The Balaban J connectivity index is 0.00000441. The molecule has 5 nitrogen and oxygen atoms in total. The molecule has 0 amide bonds. The number of guanidine groups is 1. The van der Waals surface area contributed by atoms with E-state index in [1.807, 2.05) is 31.2 Å². The van der Waals surface area contributed by atoms with Gasteiger partial charge in [-0.05, 0) is 38.0 Å². The molecule has 22 heavy (non-hydrogen) atoms. The van der Waals surface area contributed by atoms with Crippen LogP contribution in [0.15, 0.2) is 29.3 Å². The predicted molar refractivity (Wildman–Crippen MR) is 102 cm³/mol. The van der Waals surface area contributed by atoms with Gasteiger partial charge in [-0.1, -0.05) is 12.1 Å². The molecule has 0 fully saturated rings. The maximum atomic E-state index is 5.31. The number of nitrogens with one attached hydrogen (secondary N) is 2. The van der Waals surface area contributed by atoms with Crippen LogP contribution in [0.4, 0.5) is 0 Å². The third kappa shape index (κ3) is 9.09. The second kappa shape index (κ2) is 13.6. The number of ether oxygens (including phenoxy) is 2. The van der Waals surface area contributed by atoms with Crippen LogP contribution >= 0.6 is 24.0 Å². The van der Waals surface area contributed by atoms with Gasteiger partial charge in [0.25, 0.3) is 0 Å². The molecule has 1 aromatic carbocycles. The number of halogens is 1. The molecule has 0 saturated heterocycles. The van der Waals surface area contributed by atoms with Gasteiger partial charge in [-0.2, -0.15) is 0 Å². The van der Waals surface area contributed by atoms with E-state index in [4.69, 9.17) is 9.47 Å². The van der Waals surface area contributed by atoms with E-state index in [1.54, 1.807) is 7.11 Å². The van der Waals surface area contributed by atoms with Crippen molar-refractivity contribution in [3.05, 3.63) is 29.8 Å². The molecule has 1 rings (SSSR count). The molecule has 0 aliphatic carbocycles. The van der Waals surface area contributed by atoms with Crippen LogP contribution in [0.5, 0.6) is 5.75 Å². The second-order valence-corrected chi connectivity index (χ2v) is 4.52.